The number of carbonyl (C=O) groups is 1. The first-order valence-electron chi connectivity index (χ1n) is 5.01. The monoisotopic (exact) mass is 201 g/mol. The van der Waals surface area contributed by atoms with Crippen LogP contribution in [0.15, 0.2) is 0 Å². The van der Waals surface area contributed by atoms with E-state index in [1.165, 1.54) is 7.11 Å². The van der Waals surface area contributed by atoms with Crippen LogP contribution < -0.4 is 5.32 Å². The molecular formula is C11H23NO2. The molecule has 0 aliphatic rings. The maximum atomic E-state index is 11.6. The molecule has 0 amide bonds. The average molecular weight is 201 g/mol. The number of methoxy groups -OCH3 is 1. The number of ether oxygens (including phenoxy) is 1. The number of esters is 1. The highest BCUT2D eigenvalue weighted by Gasteiger charge is 2.44. The topological polar surface area (TPSA) is 38.3 Å². The van der Waals surface area contributed by atoms with Crippen LogP contribution in [0.1, 0.15) is 41.5 Å². The molecule has 0 saturated heterocycles. The SMILES string of the molecule is COC(=O)C(C)(C)C(C)(C)NC(C)C. The predicted octanol–water partition coefficient (Wildman–Crippen LogP) is 1.96. The highest BCUT2D eigenvalue weighted by atomic mass is 16.5. The number of hydrogen-bond acceptors (Lipinski definition) is 3. The Morgan fingerprint density at radius 1 is 1.21 bits per heavy atom. The minimum Gasteiger partial charge on any atom is -0.469 e. The third kappa shape index (κ3) is 2.71. The van der Waals surface area contributed by atoms with Gasteiger partial charge >= 0.3 is 5.97 Å². The highest BCUT2D eigenvalue weighted by Crippen LogP contribution is 2.32. The summed E-state index contributed by atoms with van der Waals surface area (Å²) >= 11 is 0. The number of nitrogens with one attached hydrogen (secondary N) is 1. The van der Waals surface area contributed by atoms with E-state index in [9.17, 15) is 4.79 Å². The largest absolute Gasteiger partial charge is 0.469 e. The summed E-state index contributed by atoms with van der Waals surface area (Å²) < 4.78 is 4.80. The molecule has 0 aliphatic carbocycles. The van der Waals surface area contributed by atoms with Gasteiger partial charge in [0.15, 0.2) is 0 Å². The maximum absolute atomic E-state index is 11.6. The van der Waals surface area contributed by atoms with Crippen molar-refractivity contribution in [2.75, 3.05) is 7.11 Å². The van der Waals surface area contributed by atoms with Gasteiger partial charge in [0.1, 0.15) is 0 Å². The van der Waals surface area contributed by atoms with E-state index in [1.54, 1.807) is 0 Å². The molecule has 0 aromatic rings. The van der Waals surface area contributed by atoms with E-state index < -0.39 is 5.41 Å². The second-order valence-corrected chi connectivity index (χ2v) is 5.04. The molecule has 0 fully saturated rings. The fourth-order valence-electron chi connectivity index (χ4n) is 1.41. The van der Waals surface area contributed by atoms with Gasteiger partial charge in [-0.1, -0.05) is 13.8 Å². The van der Waals surface area contributed by atoms with Gasteiger partial charge in [0.05, 0.1) is 12.5 Å². The fourth-order valence-corrected chi connectivity index (χ4v) is 1.41. The van der Waals surface area contributed by atoms with Gasteiger partial charge in [-0.15, -0.1) is 0 Å². The molecule has 0 heterocycles. The zero-order valence-corrected chi connectivity index (χ0v) is 10.4. The number of rotatable bonds is 4. The summed E-state index contributed by atoms with van der Waals surface area (Å²) in [4.78, 5) is 11.6. The lowest BCUT2D eigenvalue weighted by Crippen LogP contribution is -2.57. The second-order valence-electron chi connectivity index (χ2n) is 5.04. The van der Waals surface area contributed by atoms with Crippen LogP contribution in [0.3, 0.4) is 0 Å². The van der Waals surface area contributed by atoms with E-state index >= 15 is 0 Å². The molecule has 0 aromatic carbocycles. The summed E-state index contributed by atoms with van der Waals surface area (Å²) in [7, 11) is 1.43. The first-order chi connectivity index (χ1) is 6.15. The molecule has 14 heavy (non-hydrogen) atoms. The van der Waals surface area contributed by atoms with Crippen molar-refractivity contribution < 1.29 is 9.53 Å². The van der Waals surface area contributed by atoms with Crippen molar-refractivity contribution in [1.82, 2.24) is 5.32 Å². The Balaban J connectivity index is 4.77. The third-order valence-corrected chi connectivity index (χ3v) is 2.91. The van der Waals surface area contributed by atoms with Crippen LogP contribution in [0.4, 0.5) is 0 Å². The number of carbonyl (C=O) groups excluding carboxylic acids is 1. The van der Waals surface area contributed by atoms with Crippen LogP contribution in [0.25, 0.3) is 0 Å². The van der Waals surface area contributed by atoms with Crippen molar-refractivity contribution in [1.29, 1.82) is 0 Å². The van der Waals surface area contributed by atoms with Crippen molar-refractivity contribution >= 4 is 5.97 Å². The van der Waals surface area contributed by atoms with E-state index in [-0.39, 0.29) is 11.5 Å². The normalized spacial score (nSPS) is 13.1. The Morgan fingerprint density at radius 3 is 1.93 bits per heavy atom. The molecule has 1 N–H and O–H groups in total. The summed E-state index contributed by atoms with van der Waals surface area (Å²) in [5, 5.41) is 3.37. The summed E-state index contributed by atoms with van der Waals surface area (Å²) in [5.41, 5.74) is -0.819. The van der Waals surface area contributed by atoms with Crippen molar-refractivity contribution in [3.05, 3.63) is 0 Å². The van der Waals surface area contributed by atoms with Gasteiger partial charge < -0.3 is 10.1 Å². The minimum atomic E-state index is -0.536. The van der Waals surface area contributed by atoms with E-state index in [2.05, 4.69) is 19.2 Å². The van der Waals surface area contributed by atoms with Gasteiger partial charge in [0.2, 0.25) is 0 Å². The highest BCUT2D eigenvalue weighted by molar-refractivity contribution is 5.77. The summed E-state index contributed by atoms with van der Waals surface area (Å²) in [6, 6.07) is 0.342. The molecule has 0 rings (SSSR count). The number of hydrogen-bond donors (Lipinski definition) is 1. The molecular weight excluding hydrogens is 178 g/mol. The zero-order valence-electron chi connectivity index (χ0n) is 10.4. The van der Waals surface area contributed by atoms with Crippen molar-refractivity contribution in [2.24, 2.45) is 5.41 Å². The molecule has 0 radical (unpaired) electrons. The Morgan fingerprint density at radius 2 is 1.64 bits per heavy atom. The smallest absolute Gasteiger partial charge is 0.313 e. The van der Waals surface area contributed by atoms with Gasteiger partial charge in [-0.2, -0.15) is 0 Å². The molecule has 3 nitrogen and oxygen atoms in total. The van der Waals surface area contributed by atoms with E-state index in [0.717, 1.165) is 0 Å². The van der Waals surface area contributed by atoms with Crippen molar-refractivity contribution in [3.63, 3.8) is 0 Å². The van der Waals surface area contributed by atoms with E-state index in [1.807, 2.05) is 27.7 Å². The van der Waals surface area contributed by atoms with Crippen molar-refractivity contribution in [3.8, 4) is 0 Å². The molecule has 0 aromatic heterocycles. The van der Waals surface area contributed by atoms with Gasteiger partial charge in [0.25, 0.3) is 0 Å². The summed E-state index contributed by atoms with van der Waals surface area (Å²) in [6.45, 7) is 12.0. The lowest BCUT2D eigenvalue weighted by Gasteiger charge is -2.41. The summed E-state index contributed by atoms with van der Waals surface area (Å²) in [6.07, 6.45) is 0. The standard InChI is InChI=1S/C11H23NO2/c1-8(2)12-11(5,6)10(3,4)9(13)14-7/h8,12H,1-7H3. The lowest BCUT2D eigenvalue weighted by molar-refractivity contribution is -0.155. The van der Waals surface area contributed by atoms with Gasteiger partial charge in [-0.3, -0.25) is 4.79 Å². The van der Waals surface area contributed by atoms with Gasteiger partial charge in [-0.05, 0) is 27.7 Å². The molecule has 0 unspecified atom stereocenters. The molecule has 0 aliphatic heterocycles. The molecule has 0 atom stereocenters. The van der Waals surface area contributed by atoms with Crippen LogP contribution in [0, 0.1) is 5.41 Å². The lowest BCUT2D eigenvalue weighted by atomic mass is 9.74. The minimum absolute atomic E-state index is 0.185. The molecule has 0 bridgehead atoms. The van der Waals surface area contributed by atoms with Gasteiger partial charge in [-0.25, -0.2) is 0 Å². The van der Waals surface area contributed by atoms with Crippen LogP contribution in [-0.4, -0.2) is 24.7 Å². The molecule has 3 heteroatoms. The van der Waals surface area contributed by atoms with Crippen molar-refractivity contribution in [2.45, 2.75) is 53.1 Å². The van der Waals surface area contributed by atoms with Crippen LogP contribution in [0.2, 0.25) is 0 Å². The van der Waals surface area contributed by atoms with Crippen LogP contribution >= 0.6 is 0 Å². The third-order valence-electron chi connectivity index (χ3n) is 2.91. The zero-order chi connectivity index (χ0) is 11.6. The first kappa shape index (κ1) is 13.4. The Kier molecular flexibility index (Phi) is 4.13. The van der Waals surface area contributed by atoms with E-state index in [0.29, 0.717) is 6.04 Å². The predicted molar refractivity (Wildman–Crippen MR) is 58.1 cm³/mol. The second kappa shape index (κ2) is 4.30. The Labute approximate surface area is 87.2 Å². The molecule has 0 saturated carbocycles. The van der Waals surface area contributed by atoms with E-state index in [4.69, 9.17) is 4.74 Å². The maximum Gasteiger partial charge on any atom is 0.313 e. The summed E-state index contributed by atoms with van der Waals surface area (Å²) in [5.74, 6) is -0.185. The molecule has 0 spiro atoms. The van der Waals surface area contributed by atoms with Gasteiger partial charge in [0, 0.05) is 11.6 Å². The van der Waals surface area contributed by atoms with Crippen LogP contribution in [0.5, 0.6) is 0 Å². The fraction of sp³-hybridized carbons (Fsp3) is 0.909. The van der Waals surface area contributed by atoms with Crippen LogP contribution in [-0.2, 0) is 9.53 Å². The average Bonchev–Trinajstić information content (AvgIpc) is 2.00. The Bertz CT molecular complexity index is 207. The Hall–Kier alpha value is -0.570. The molecule has 84 valence electrons. The first-order valence-corrected chi connectivity index (χ1v) is 5.01. The quantitative estimate of drug-likeness (QED) is 0.707.